The quantitative estimate of drug-likeness (QED) is 0.646. The Bertz CT molecular complexity index is 901. The van der Waals surface area contributed by atoms with Crippen molar-refractivity contribution in [2.24, 2.45) is 5.92 Å². The lowest BCUT2D eigenvalue weighted by molar-refractivity contribution is -0.274. The fraction of sp³-hybridized carbons (Fsp3) is 0.278. The molecule has 2 rings (SSSR count). The highest BCUT2D eigenvalue weighted by Gasteiger charge is 2.36. The van der Waals surface area contributed by atoms with E-state index in [1.165, 1.54) is 44.2 Å². The fourth-order valence-electron chi connectivity index (χ4n) is 2.72. The molecule has 0 fully saturated rings. The molecule has 0 aliphatic rings. The van der Waals surface area contributed by atoms with Crippen LogP contribution in [-0.2, 0) is 16.1 Å². The lowest BCUT2D eigenvalue weighted by atomic mass is 10.0. The van der Waals surface area contributed by atoms with Crippen molar-refractivity contribution >= 4 is 22.9 Å². The van der Waals surface area contributed by atoms with Crippen LogP contribution in [0.2, 0.25) is 0 Å². The van der Waals surface area contributed by atoms with Gasteiger partial charge in [-0.1, -0.05) is 32.0 Å². The van der Waals surface area contributed by atoms with Crippen molar-refractivity contribution < 1.29 is 41.7 Å². The summed E-state index contributed by atoms with van der Waals surface area (Å²) in [6.07, 6.45) is -5.14. The van der Waals surface area contributed by atoms with Crippen molar-refractivity contribution in [3.63, 3.8) is 0 Å². The van der Waals surface area contributed by atoms with E-state index in [0.717, 1.165) is 12.1 Å². The van der Waals surface area contributed by atoms with Gasteiger partial charge in [-0.2, -0.15) is 0 Å². The molecule has 29 heavy (non-hydrogen) atoms. The molecule has 0 saturated carbocycles. The molecule has 0 aliphatic carbocycles. The summed E-state index contributed by atoms with van der Waals surface area (Å²) in [6.45, 7) is 2.85. The standard InChI is InChI=1S/C18H18F3NO6S/c1-10(2)16(17(24)25)22(29(26)27)14-8-5-12(9-15(14)28-18(19,20)21)11-3-6-13(23)7-4-11/h3-10,16,23H,1-2H3,(H,24,25)(H,26,27)/p-1. The number of phenols is 1. The normalized spacial score (nSPS) is 13.8. The highest BCUT2D eigenvalue weighted by Crippen LogP contribution is 2.39. The molecule has 2 aromatic carbocycles. The van der Waals surface area contributed by atoms with Crippen LogP contribution in [0, 0.1) is 5.92 Å². The summed E-state index contributed by atoms with van der Waals surface area (Å²) in [5.74, 6) is -3.20. The SMILES string of the molecule is CC(C)C(C(=O)O)N(c1ccc(-c2ccc(O)cc2)cc1OC(F)(F)F)S(=O)[O-]. The van der Waals surface area contributed by atoms with Gasteiger partial charge >= 0.3 is 12.3 Å². The van der Waals surface area contributed by atoms with Gasteiger partial charge in [0, 0.05) is 11.3 Å². The lowest BCUT2D eigenvalue weighted by Gasteiger charge is -2.35. The second kappa shape index (κ2) is 8.70. The molecule has 2 atom stereocenters. The van der Waals surface area contributed by atoms with Crippen molar-refractivity contribution in [3.05, 3.63) is 42.5 Å². The minimum Gasteiger partial charge on any atom is -0.755 e. The molecule has 158 valence electrons. The van der Waals surface area contributed by atoms with E-state index >= 15 is 0 Å². The molecular weight excluding hydrogens is 415 g/mol. The van der Waals surface area contributed by atoms with Gasteiger partial charge in [-0.15, -0.1) is 13.2 Å². The zero-order chi connectivity index (χ0) is 21.9. The minimum absolute atomic E-state index is 0.0497. The first kappa shape index (κ1) is 22.5. The van der Waals surface area contributed by atoms with Crippen molar-refractivity contribution in [1.29, 1.82) is 0 Å². The van der Waals surface area contributed by atoms with Crippen LogP contribution in [0.3, 0.4) is 0 Å². The van der Waals surface area contributed by atoms with Crippen molar-refractivity contribution in [3.8, 4) is 22.6 Å². The van der Waals surface area contributed by atoms with Crippen molar-refractivity contribution in [2.75, 3.05) is 4.31 Å². The smallest absolute Gasteiger partial charge is 0.573 e. The number of carbonyl (C=O) groups is 1. The average Bonchev–Trinajstić information content (AvgIpc) is 2.58. The zero-order valence-electron chi connectivity index (χ0n) is 15.2. The summed E-state index contributed by atoms with van der Waals surface area (Å²) in [4.78, 5) is 11.6. The van der Waals surface area contributed by atoms with Crippen molar-refractivity contribution in [2.45, 2.75) is 26.3 Å². The van der Waals surface area contributed by atoms with E-state index in [2.05, 4.69) is 4.74 Å². The number of benzene rings is 2. The van der Waals surface area contributed by atoms with Gasteiger partial charge in [-0.25, -0.2) is 4.79 Å². The predicted molar refractivity (Wildman–Crippen MR) is 97.9 cm³/mol. The molecule has 0 aromatic heterocycles. The van der Waals surface area contributed by atoms with Crippen LogP contribution >= 0.6 is 0 Å². The molecule has 2 N–H and O–H groups in total. The zero-order valence-corrected chi connectivity index (χ0v) is 16.0. The van der Waals surface area contributed by atoms with Crippen LogP contribution in [0.1, 0.15) is 13.8 Å². The topological polar surface area (TPSA) is 110 Å². The first-order chi connectivity index (χ1) is 13.4. The number of hydrogen-bond donors (Lipinski definition) is 2. The van der Waals surface area contributed by atoms with Crippen LogP contribution < -0.4 is 9.04 Å². The fourth-order valence-corrected chi connectivity index (χ4v) is 3.55. The number of carboxylic acid groups (broad SMARTS) is 1. The number of aliphatic carboxylic acids is 1. The number of rotatable bonds is 7. The summed E-state index contributed by atoms with van der Waals surface area (Å²) < 4.78 is 66.7. The molecule has 0 aliphatic heterocycles. The van der Waals surface area contributed by atoms with E-state index in [-0.39, 0.29) is 11.3 Å². The first-order valence-corrected chi connectivity index (χ1v) is 9.24. The van der Waals surface area contributed by atoms with Crippen LogP contribution in [-0.4, -0.2) is 37.3 Å². The van der Waals surface area contributed by atoms with E-state index in [9.17, 15) is 36.9 Å². The van der Waals surface area contributed by atoms with Crippen LogP contribution in [0.5, 0.6) is 11.5 Å². The second-order valence-electron chi connectivity index (χ2n) is 6.35. The van der Waals surface area contributed by atoms with Crippen LogP contribution in [0.4, 0.5) is 18.9 Å². The summed E-state index contributed by atoms with van der Waals surface area (Å²) in [6, 6.07) is 7.20. The molecule has 0 radical (unpaired) electrons. The monoisotopic (exact) mass is 432 g/mol. The van der Waals surface area contributed by atoms with E-state index in [1.54, 1.807) is 0 Å². The number of hydrogen-bond acceptors (Lipinski definition) is 5. The molecule has 2 aromatic rings. The Labute approximate surface area is 166 Å². The van der Waals surface area contributed by atoms with Crippen LogP contribution in [0.25, 0.3) is 11.1 Å². The number of anilines is 1. The largest absolute Gasteiger partial charge is 0.755 e. The van der Waals surface area contributed by atoms with Gasteiger partial charge in [0.25, 0.3) is 0 Å². The second-order valence-corrected chi connectivity index (χ2v) is 7.17. The van der Waals surface area contributed by atoms with Gasteiger partial charge in [-0.05, 0) is 41.3 Å². The lowest BCUT2D eigenvalue weighted by Crippen LogP contribution is -2.46. The van der Waals surface area contributed by atoms with Gasteiger partial charge in [0.15, 0.2) is 5.75 Å². The summed E-state index contributed by atoms with van der Waals surface area (Å²) in [5, 5.41) is 18.8. The van der Waals surface area contributed by atoms with Crippen LogP contribution in [0.15, 0.2) is 42.5 Å². The molecule has 11 heteroatoms. The number of aromatic hydroxyl groups is 1. The third-order valence-electron chi connectivity index (χ3n) is 3.92. The third-order valence-corrected chi connectivity index (χ3v) is 4.67. The maximum atomic E-state index is 12.9. The number of phenolic OH excluding ortho intramolecular Hbond substituents is 1. The molecule has 0 saturated heterocycles. The van der Waals surface area contributed by atoms with E-state index in [4.69, 9.17) is 0 Å². The Kier molecular flexibility index (Phi) is 6.75. The van der Waals surface area contributed by atoms with E-state index < -0.39 is 47.0 Å². The van der Waals surface area contributed by atoms with E-state index in [0.29, 0.717) is 9.87 Å². The third kappa shape index (κ3) is 5.61. The number of ether oxygens (including phenoxy) is 1. The Hall–Kier alpha value is -2.79. The molecule has 0 amide bonds. The van der Waals surface area contributed by atoms with E-state index in [1.807, 2.05) is 0 Å². The highest BCUT2D eigenvalue weighted by atomic mass is 32.2. The molecule has 0 bridgehead atoms. The number of alkyl halides is 3. The van der Waals surface area contributed by atoms with Crippen molar-refractivity contribution in [1.82, 2.24) is 0 Å². The van der Waals surface area contributed by atoms with Gasteiger partial charge < -0.3 is 19.5 Å². The average molecular weight is 432 g/mol. The number of carboxylic acids is 1. The molecule has 7 nitrogen and oxygen atoms in total. The maximum absolute atomic E-state index is 12.9. The predicted octanol–water partition coefficient (Wildman–Crippen LogP) is 3.67. The Balaban J connectivity index is 2.66. The maximum Gasteiger partial charge on any atom is 0.573 e. The summed E-state index contributed by atoms with van der Waals surface area (Å²) >= 11 is -3.20. The molecular formula is C18H17F3NO6S-. The molecule has 2 unspecified atom stereocenters. The highest BCUT2D eigenvalue weighted by molar-refractivity contribution is 7.80. The summed E-state index contributed by atoms with van der Waals surface area (Å²) in [7, 11) is 0. The van der Waals surface area contributed by atoms with Gasteiger partial charge in [0.05, 0.1) is 5.69 Å². The Morgan fingerprint density at radius 1 is 1.14 bits per heavy atom. The summed E-state index contributed by atoms with van der Waals surface area (Å²) in [5.41, 5.74) is 0.0927. The van der Waals surface area contributed by atoms with Gasteiger partial charge in [-0.3, -0.25) is 8.51 Å². The Morgan fingerprint density at radius 2 is 1.69 bits per heavy atom. The molecule has 0 heterocycles. The number of nitrogens with zero attached hydrogens (tertiary/aromatic N) is 1. The first-order valence-electron chi connectivity index (χ1n) is 8.21. The Morgan fingerprint density at radius 3 is 2.14 bits per heavy atom. The van der Waals surface area contributed by atoms with Gasteiger partial charge in [0.1, 0.15) is 11.8 Å². The molecule has 0 spiro atoms. The minimum atomic E-state index is -5.14. The van der Waals surface area contributed by atoms with Gasteiger partial charge in [0.2, 0.25) is 0 Å². The number of halogens is 3.